The molecule has 0 saturated heterocycles. The zero-order valence-corrected chi connectivity index (χ0v) is 10.6. The third-order valence-electron chi connectivity index (χ3n) is 3.61. The van der Waals surface area contributed by atoms with Gasteiger partial charge in [-0.1, -0.05) is 43.7 Å². The lowest BCUT2D eigenvalue weighted by Gasteiger charge is -2.12. The average Bonchev–Trinajstić information content (AvgIpc) is 2.98. The number of aromatic nitrogens is 3. The Kier molecular flexibility index (Phi) is 2.94. The molecule has 2 radical (unpaired) electrons. The lowest BCUT2D eigenvalue weighted by Crippen LogP contribution is -2.09. The zero-order chi connectivity index (χ0) is 12.5. The number of hydrogen-bond donors (Lipinski definition) is 0. The molecule has 0 aliphatic carbocycles. The van der Waals surface area contributed by atoms with Crippen molar-refractivity contribution < 1.29 is 0 Å². The van der Waals surface area contributed by atoms with E-state index in [0.29, 0.717) is 6.04 Å². The largest absolute Gasteiger partial charge is 0.242 e. The molecule has 0 fully saturated rings. The normalized spacial score (nSPS) is 19.7. The second-order valence-electron chi connectivity index (χ2n) is 4.81. The lowest BCUT2D eigenvalue weighted by molar-refractivity contribution is 0.546. The van der Waals surface area contributed by atoms with Gasteiger partial charge in [-0.05, 0) is 17.8 Å². The topological polar surface area (TPSA) is 30.7 Å². The first-order valence-electron chi connectivity index (χ1n) is 6.55. The summed E-state index contributed by atoms with van der Waals surface area (Å²) < 4.78 is 2.06. The molecule has 1 aliphatic heterocycles. The van der Waals surface area contributed by atoms with Crippen LogP contribution in [0, 0.1) is 0 Å². The van der Waals surface area contributed by atoms with E-state index in [9.17, 15) is 0 Å². The predicted molar refractivity (Wildman–Crippen MR) is 71.7 cm³/mol. The Morgan fingerprint density at radius 3 is 2.89 bits per heavy atom. The quantitative estimate of drug-likeness (QED) is 0.767. The monoisotopic (exact) mass is 237 g/mol. The van der Waals surface area contributed by atoms with Gasteiger partial charge in [0.2, 0.25) is 0 Å². The molecule has 0 saturated carbocycles. The van der Waals surface area contributed by atoms with Crippen LogP contribution in [0.25, 0.3) is 0 Å². The zero-order valence-electron chi connectivity index (χ0n) is 10.6. The first kappa shape index (κ1) is 11.5. The molecule has 2 heterocycles. The van der Waals surface area contributed by atoms with E-state index in [-0.39, 0.29) is 5.82 Å². The van der Waals surface area contributed by atoms with Crippen LogP contribution in [0.5, 0.6) is 0 Å². The molecule has 0 bridgehead atoms. The van der Waals surface area contributed by atoms with E-state index in [0.717, 1.165) is 30.9 Å². The fourth-order valence-electron chi connectivity index (χ4n) is 2.50. The maximum absolute atomic E-state index is 6.00. The van der Waals surface area contributed by atoms with Crippen LogP contribution in [-0.4, -0.2) is 22.6 Å². The summed E-state index contributed by atoms with van der Waals surface area (Å²) in [5.74, 6) is 1.82. The molecule has 0 amide bonds. The van der Waals surface area contributed by atoms with Crippen molar-refractivity contribution in [2.45, 2.75) is 38.0 Å². The summed E-state index contributed by atoms with van der Waals surface area (Å²) in [6, 6.07) is 10.8. The summed E-state index contributed by atoms with van der Waals surface area (Å²) in [5.41, 5.74) is 1.30. The van der Waals surface area contributed by atoms with Crippen molar-refractivity contribution in [3.63, 3.8) is 0 Å². The number of benzene rings is 1. The van der Waals surface area contributed by atoms with Gasteiger partial charge in [0, 0.05) is 6.42 Å². The van der Waals surface area contributed by atoms with Crippen molar-refractivity contribution in [3.05, 3.63) is 47.5 Å². The summed E-state index contributed by atoms with van der Waals surface area (Å²) in [4.78, 5) is 4.56. The minimum atomic E-state index is -0.0421. The molecule has 0 N–H and O–H groups in total. The Labute approximate surface area is 109 Å². The minimum absolute atomic E-state index is 0.0421. The Morgan fingerprint density at radius 1 is 1.39 bits per heavy atom. The number of fused-ring (bicyclic) bond motifs is 1. The number of aryl methyl sites for hydroxylation is 1. The summed E-state index contributed by atoms with van der Waals surface area (Å²) in [6.45, 7) is 2.06. The standard InChI is InChI=1S/C14H16BN3/c1-2-11(15)14-16-13-9-8-12(18(13)17-14)10-6-4-3-5-7-10/h3-7,11-12H,2,8-9H2,1H3/t11-,12?/m0/s1. The molecule has 90 valence electrons. The van der Waals surface area contributed by atoms with Gasteiger partial charge in [-0.15, -0.1) is 0 Å². The molecule has 0 spiro atoms. The van der Waals surface area contributed by atoms with Crippen LogP contribution in [0.4, 0.5) is 0 Å². The molecule has 2 atom stereocenters. The third-order valence-corrected chi connectivity index (χ3v) is 3.61. The van der Waals surface area contributed by atoms with Gasteiger partial charge in [0.15, 0.2) is 0 Å². The first-order valence-corrected chi connectivity index (χ1v) is 6.55. The maximum atomic E-state index is 6.00. The molecule has 1 aromatic heterocycles. The fourth-order valence-corrected chi connectivity index (χ4v) is 2.50. The van der Waals surface area contributed by atoms with Crippen molar-refractivity contribution in [2.24, 2.45) is 0 Å². The highest BCUT2D eigenvalue weighted by molar-refractivity contribution is 6.11. The van der Waals surface area contributed by atoms with E-state index in [1.807, 2.05) is 6.07 Å². The Hall–Kier alpha value is -1.58. The molecular formula is C14H16BN3. The predicted octanol–water partition coefficient (Wildman–Crippen LogP) is 2.43. The van der Waals surface area contributed by atoms with Crippen LogP contribution >= 0.6 is 0 Å². The van der Waals surface area contributed by atoms with Gasteiger partial charge in [0.1, 0.15) is 11.6 Å². The molecule has 18 heavy (non-hydrogen) atoms. The van der Waals surface area contributed by atoms with E-state index < -0.39 is 0 Å². The van der Waals surface area contributed by atoms with Crippen molar-refractivity contribution in [1.82, 2.24) is 14.8 Å². The van der Waals surface area contributed by atoms with Crippen molar-refractivity contribution in [1.29, 1.82) is 0 Å². The van der Waals surface area contributed by atoms with Gasteiger partial charge in [-0.3, -0.25) is 0 Å². The summed E-state index contributed by atoms with van der Waals surface area (Å²) in [7, 11) is 6.00. The van der Waals surface area contributed by atoms with Gasteiger partial charge in [0.25, 0.3) is 0 Å². The number of rotatable bonds is 3. The molecular weight excluding hydrogens is 221 g/mol. The van der Waals surface area contributed by atoms with Crippen molar-refractivity contribution in [3.8, 4) is 0 Å². The van der Waals surface area contributed by atoms with Crippen LogP contribution in [0.2, 0.25) is 0 Å². The molecule has 4 heteroatoms. The highest BCUT2D eigenvalue weighted by Crippen LogP contribution is 2.31. The fraction of sp³-hybridized carbons (Fsp3) is 0.429. The van der Waals surface area contributed by atoms with E-state index in [1.165, 1.54) is 5.56 Å². The first-order chi connectivity index (χ1) is 8.79. The van der Waals surface area contributed by atoms with Crippen LogP contribution in [0.3, 0.4) is 0 Å². The third kappa shape index (κ3) is 1.86. The summed E-state index contributed by atoms with van der Waals surface area (Å²) in [6.07, 6.45) is 2.95. The minimum Gasteiger partial charge on any atom is -0.242 e. The van der Waals surface area contributed by atoms with E-state index in [2.05, 4.69) is 46.0 Å². The highest BCUT2D eigenvalue weighted by Gasteiger charge is 2.27. The molecule has 2 aromatic rings. The molecule has 3 nitrogen and oxygen atoms in total. The Balaban J connectivity index is 1.94. The van der Waals surface area contributed by atoms with E-state index >= 15 is 0 Å². The average molecular weight is 237 g/mol. The molecule has 3 rings (SSSR count). The lowest BCUT2D eigenvalue weighted by atomic mass is 9.84. The highest BCUT2D eigenvalue weighted by atomic mass is 15.4. The second-order valence-corrected chi connectivity index (χ2v) is 4.81. The van der Waals surface area contributed by atoms with Crippen LogP contribution in [-0.2, 0) is 6.42 Å². The van der Waals surface area contributed by atoms with Crippen LogP contribution < -0.4 is 0 Å². The van der Waals surface area contributed by atoms with E-state index in [4.69, 9.17) is 7.85 Å². The Morgan fingerprint density at radius 2 is 2.17 bits per heavy atom. The van der Waals surface area contributed by atoms with E-state index in [1.54, 1.807) is 0 Å². The number of nitrogens with zero attached hydrogens (tertiary/aromatic N) is 3. The maximum Gasteiger partial charge on any atom is 0.145 e. The second kappa shape index (κ2) is 4.60. The van der Waals surface area contributed by atoms with Crippen LogP contribution in [0.15, 0.2) is 30.3 Å². The molecule has 1 unspecified atom stereocenters. The van der Waals surface area contributed by atoms with Gasteiger partial charge in [-0.2, -0.15) is 5.10 Å². The van der Waals surface area contributed by atoms with Gasteiger partial charge >= 0.3 is 0 Å². The SMILES string of the molecule is [B][C@@H](CC)c1nc2n(n1)C(c1ccccc1)CC2. The smallest absolute Gasteiger partial charge is 0.145 e. The van der Waals surface area contributed by atoms with Crippen LogP contribution in [0.1, 0.15) is 48.8 Å². The number of hydrogen-bond acceptors (Lipinski definition) is 2. The van der Waals surface area contributed by atoms with Gasteiger partial charge < -0.3 is 0 Å². The van der Waals surface area contributed by atoms with Crippen molar-refractivity contribution >= 4 is 7.85 Å². The van der Waals surface area contributed by atoms with Gasteiger partial charge in [-0.25, -0.2) is 9.67 Å². The summed E-state index contributed by atoms with van der Waals surface area (Å²) in [5, 5.41) is 4.60. The van der Waals surface area contributed by atoms with Crippen molar-refractivity contribution in [2.75, 3.05) is 0 Å². The molecule has 1 aliphatic rings. The Bertz CT molecular complexity index is 535. The van der Waals surface area contributed by atoms with Gasteiger partial charge in [0.05, 0.1) is 13.9 Å². The summed E-state index contributed by atoms with van der Waals surface area (Å²) >= 11 is 0. The molecule has 1 aromatic carbocycles.